The van der Waals surface area contributed by atoms with Crippen LogP contribution in [-0.4, -0.2) is 100 Å². The first kappa shape index (κ1) is 111. The van der Waals surface area contributed by atoms with Gasteiger partial charge in [-0.3, -0.25) is 14.4 Å². The number of ether oxygens (including phenoxy) is 6. The molecule has 24 heteroatoms. The second-order valence-corrected chi connectivity index (χ2v) is 38.8. The van der Waals surface area contributed by atoms with Crippen molar-refractivity contribution in [2.24, 2.45) is 51.8 Å². The van der Waals surface area contributed by atoms with E-state index in [4.69, 9.17) is 28.4 Å². The first-order chi connectivity index (χ1) is 52.1. The molecule has 630 valence electrons. The Bertz CT molecular complexity index is 4890. The average molecular weight is 1780 g/mol. The van der Waals surface area contributed by atoms with Crippen LogP contribution < -0.4 is 234 Å². The number of anilines is 3. The predicted molar refractivity (Wildman–Crippen MR) is 463 cm³/mol. The molecule has 0 aliphatic carbocycles. The van der Waals surface area contributed by atoms with Crippen LogP contribution in [0.1, 0.15) is 231 Å². The summed E-state index contributed by atoms with van der Waals surface area (Å²) >= 11 is 0. The van der Waals surface area contributed by atoms with E-state index in [2.05, 4.69) is 207 Å². The second-order valence-electron chi connectivity index (χ2n) is 36.0. The summed E-state index contributed by atoms with van der Waals surface area (Å²) in [6.07, 6.45) is 14.1. The third kappa shape index (κ3) is 22.2. The molecule has 6 aromatic rings. The van der Waals surface area contributed by atoms with Crippen LogP contribution in [0.4, 0.5) is 17.1 Å². The molecule has 6 atom stereocenters. The summed E-state index contributed by atoms with van der Waals surface area (Å²) in [4.78, 5) is 45.8. The van der Waals surface area contributed by atoms with Crippen LogP contribution in [0.5, 0.6) is 17.2 Å². The van der Waals surface area contributed by atoms with Crippen LogP contribution >= 0.6 is 0 Å². The molecule has 0 amide bonds. The van der Waals surface area contributed by atoms with E-state index in [0.717, 1.165) is 64.3 Å². The molecule has 6 aliphatic heterocycles. The summed E-state index contributed by atoms with van der Waals surface area (Å²) in [7, 11) is -9.18. The van der Waals surface area contributed by atoms with E-state index in [1.807, 2.05) is 82.3 Å². The average Bonchev–Trinajstić information content (AvgIpc) is 1.56. The fourth-order valence-corrected chi connectivity index (χ4v) is 18.6. The van der Waals surface area contributed by atoms with E-state index >= 15 is 0 Å². The number of esters is 3. The fraction of sp³-hybridized carbons (Fsp3) is 0.526. The number of carbonyl (C=O) groups is 3. The Kier molecular flexibility index (Phi) is 40.2. The molecule has 0 fully saturated rings. The van der Waals surface area contributed by atoms with Gasteiger partial charge >= 0.3 is 223 Å². The number of carbonyl (C=O) groups excluding carboxylic acids is 3. The van der Waals surface area contributed by atoms with Crippen LogP contribution in [0.2, 0.25) is 0 Å². The number of para-hydroxylation sites is 2. The molecule has 0 saturated carbocycles. The van der Waals surface area contributed by atoms with Gasteiger partial charge in [0.25, 0.3) is 0 Å². The summed E-state index contributed by atoms with van der Waals surface area (Å²) in [6, 6.07) is 37.4. The minimum Gasteiger partial charge on any atom is -0.744 e. The number of rotatable bonds is 23. The first-order valence-corrected chi connectivity index (χ1v) is 42.5. The van der Waals surface area contributed by atoms with Crippen LogP contribution in [0.3, 0.4) is 0 Å². The van der Waals surface area contributed by atoms with Gasteiger partial charge in [0.1, 0.15) is 57.3 Å². The third-order valence-electron chi connectivity index (χ3n) is 25.1. The van der Waals surface area contributed by atoms with Gasteiger partial charge in [-0.25, -0.2) is 16.8 Å². The van der Waals surface area contributed by atoms with Crippen molar-refractivity contribution in [3.8, 4) is 17.2 Å². The van der Waals surface area contributed by atoms with Crippen molar-refractivity contribution in [2.45, 2.75) is 244 Å². The summed E-state index contributed by atoms with van der Waals surface area (Å²) < 4.78 is 107. The summed E-state index contributed by atoms with van der Waals surface area (Å²) in [6.45, 7) is 50.3. The Morgan fingerprint density at radius 2 is 0.681 bits per heavy atom. The van der Waals surface area contributed by atoms with Crippen molar-refractivity contribution >= 4 is 73.4 Å². The Labute approximate surface area is 885 Å². The molecule has 12 rings (SSSR count). The second kappa shape index (κ2) is 43.0. The van der Waals surface area contributed by atoms with E-state index in [9.17, 15) is 40.3 Å². The number of benzene rings is 6. The summed E-state index contributed by atoms with van der Waals surface area (Å²) in [5.74, 6) is 2.97. The minimum absolute atomic E-state index is 0. The molecule has 18 nitrogen and oxygen atoms in total. The van der Waals surface area contributed by atoms with Crippen molar-refractivity contribution in [3.63, 3.8) is 0 Å². The number of hydrogen-bond donors (Lipinski definition) is 0. The first-order valence-electron chi connectivity index (χ1n) is 39.7. The van der Waals surface area contributed by atoms with Gasteiger partial charge in [-0.15, -0.1) is 0 Å². The zero-order chi connectivity index (χ0) is 82.7. The van der Waals surface area contributed by atoms with Gasteiger partial charge in [-0.1, -0.05) is 177 Å². The molecule has 119 heavy (non-hydrogen) atoms. The van der Waals surface area contributed by atoms with Gasteiger partial charge < -0.3 is 52.2 Å². The number of fused-ring (bicyclic) bond motifs is 6. The van der Waals surface area contributed by atoms with E-state index in [1.54, 1.807) is 6.08 Å². The zero-order valence-electron chi connectivity index (χ0n) is 74.1. The molecule has 0 bridgehead atoms. The molecular weight excluding hydrogens is 1640 g/mol. The fourth-order valence-electron chi connectivity index (χ4n) is 17.6. The van der Waals surface area contributed by atoms with E-state index in [-0.39, 0.29) is 292 Å². The Hall–Kier alpha value is -1.88. The van der Waals surface area contributed by atoms with Gasteiger partial charge in [0.2, 0.25) is 17.2 Å². The standard InChI is InChI=1S/C31H41NO6S.C31H41NO3.C30H39NO6S.3CH4.4K/c1-20(2)19-30(8,21(3)4)28(33)37-16-15-32-26-11-9-22(5)17-25(26)29(6,7)31(32)14-13-23-18-24(39(34,35)36)10-12-27(23)38-31;1-21(2)20-30(8,22(3)4)28(33)34-18-17-32-26-14-13-23(5)19-25(26)29(6,7)31(32)16-15-24-11-9-10-12-27(24)35-31;1-20(2)19-29(7,21(3)4)27(32)36-17-16-31-25-11-9-8-10-24(25)28(5,6)30(31)15-14-22-18-23(38(33,34)35)12-13-26(22)37-30;;;;;;;/h9-14,17-18,20-21H,15-16,19H2,1-8H3,(H,34,35,36);9-16,19,21-22H,17-18,20H2,1-8H3;8-15,18,20-21H,16-17,19H2,1-7H3,(H,33,34,35);3*1H4;;;;/q;;;;;;4*+1/p-2/t2*30?,31-;29?,30-;;;;;;;/m111......./s1. The number of aryl methyl sites for hydroxylation is 2. The van der Waals surface area contributed by atoms with Crippen LogP contribution in [0, 0.1) is 65.6 Å². The van der Waals surface area contributed by atoms with Crippen LogP contribution in [-0.2, 0) is 65.1 Å². The monoisotopic (exact) mass is 1770 g/mol. The molecular formula is C95H131K4N3O15S2+2. The van der Waals surface area contributed by atoms with Crippen molar-refractivity contribution in [1.29, 1.82) is 0 Å². The summed E-state index contributed by atoms with van der Waals surface area (Å²) in [5.41, 5.74) is 5.41. The Morgan fingerprint density at radius 1 is 0.395 bits per heavy atom. The van der Waals surface area contributed by atoms with Crippen molar-refractivity contribution in [1.82, 2.24) is 0 Å². The molecule has 3 unspecified atom stereocenters. The topological polar surface area (TPSA) is 231 Å². The van der Waals surface area contributed by atoms with E-state index in [0.29, 0.717) is 66.6 Å². The maximum atomic E-state index is 13.3. The van der Waals surface area contributed by atoms with Gasteiger partial charge in [0, 0.05) is 33.8 Å². The quantitative estimate of drug-likeness (QED) is 0.0252. The normalized spacial score (nSPS) is 20.0. The zero-order valence-corrected chi connectivity index (χ0v) is 88.2. The molecule has 6 heterocycles. The third-order valence-corrected chi connectivity index (χ3v) is 26.7. The molecule has 0 saturated heterocycles. The van der Waals surface area contributed by atoms with Crippen molar-refractivity contribution in [3.05, 3.63) is 184 Å². The van der Waals surface area contributed by atoms with Gasteiger partial charge in [0.05, 0.1) is 61.9 Å². The molecule has 6 aliphatic rings. The van der Waals surface area contributed by atoms with Crippen LogP contribution in [0.25, 0.3) is 18.2 Å². The SMILES string of the molecule is C.C.C.CC(C)CC(C)(C(=O)OCCN1c2ccccc2C(C)(C)[C@]12C=Cc1cc(S(=O)(=O)[O-])ccc1O2)C(C)C.Cc1ccc2c(c1)C(C)(C)[C@]1(C=Cc3cc(S(=O)(=O)[O-])ccc3O1)N2CCOC(=O)C(C)(CC(C)C)C(C)C.Cc1ccc2c(c1)C(C)(C)[C@]1(C=Cc3ccccc3O1)N2CCOC(=O)C(C)(CC(C)C)C(C)C.[K+].[K+].[K+].[K+]. The Balaban J connectivity index is 0.000000449. The molecule has 3 spiro atoms. The molecule has 6 aromatic carbocycles. The van der Waals surface area contributed by atoms with Crippen molar-refractivity contribution in [2.75, 3.05) is 54.2 Å². The molecule has 0 aromatic heterocycles. The van der Waals surface area contributed by atoms with Gasteiger partial charge in [0.15, 0.2) is 0 Å². The maximum absolute atomic E-state index is 13.3. The largest absolute Gasteiger partial charge is 1.00 e. The van der Waals surface area contributed by atoms with Gasteiger partial charge in [-0.2, -0.15) is 0 Å². The van der Waals surface area contributed by atoms with Gasteiger partial charge in [-0.05, 0) is 245 Å². The molecule has 0 N–H and O–H groups in total. The molecule has 0 radical (unpaired) electrons. The maximum Gasteiger partial charge on any atom is 1.00 e. The smallest absolute Gasteiger partial charge is 0.744 e. The van der Waals surface area contributed by atoms with E-state index < -0.39 is 64.5 Å². The summed E-state index contributed by atoms with van der Waals surface area (Å²) in [5, 5.41) is 0. The number of hydrogen-bond acceptors (Lipinski definition) is 18. The minimum atomic E-state index is -4.59. The van der Waals surface area contributed by atoms with Crippen LogP contribution in [0.15, 0.2) is 149 Å². The van der Waals surface area contributed by atoms with Crippen molar-refractivity contribution < 1.29 is 274 Å². The number of nitrogens with zero attached hydrogens (tertiary/aromatic N) is 3. The predicted octanol–water partition coefficient (Wildman–Crippen LogP) is 8.86. The van der Waals surface area contributed by atoms with E-state index in [1.165, 1.54) is 47.5 Å². The Morgan fingerprint density at radius 3 is 1.00 bits per heavy atom.